The van der Waals surface area contributed by atoms with Gasteiger partial charge in [-0.3, -0.25) is 14.9 Å². The number of aryl methyl sites for hydroxylation is 1. The molecule has 0 aliphatic heterocycles. The highest BCUT2D eigenvalue weighted by Crippen LogP contribution is 2.25. The van der Waals surface area contributed by atoms with Crippen molar-refractivity contribution in [2.75, 3.05) is 5.32 Å². The summed E-state index contributed by atoms with van der Waals surface area (Å²) in [6.45, 7) is 3.29. The van der Waals surface area contributed by atoms with Gasteiger partial charge in [0.2, 0.25) is 0 Å². The van der Waals surface area contributed by atoms with Crippen LogP contribution in [0.15, 0.2) is 42.5 Å². The lowest BCUT2D eigenvalue weighted by molar-refractivity contribution is -0.384. The highest BCUT2D eigenvalue weighted by molar-refractivity contribution is 6.32. The van der Waals surface area contributed by atoms with Crippen molar-refractivity contribution in [2.45, 2.75) is 20.0 Å². The van der Waals surface area contributed by atoms with Gasteiger partial charge in [-0.15, -0.1) is 0 Å². The van der Waals surface area contributed by atoms with Crippen LogP contribution >= 0.6 is 11.6 Å². The number of nitrogens with one attached hydrogen (secondary N) is 1. The number of nitro benzene ring substituents is 1. The predicted molar refractivity (Wildman–Crippen MR) is 92.8 cm³/mol. The fraction of sp³-hybridized carbons (Fsp3) is 0.176. The number of esters is 1. The largest absolute Gasteiger partial charge is 0.449 e. The summed E-state index contributed by atoms with van der Waals surface area (Å²) < 4.78 is 5.06. The standard InChI is InChI=1S/C17H15ClN2O5/c1-10-4-3-5-13(8-10)19-16(21)11(2)25-17(22)12-6-7-14(18)15(9-12)20(23)24/h3-9,11H,1-2H3,(H,19,21). The van der Waals surface area contributed by atoms with Gasteiger partial charge in [-0.1, -0.05) is 23.7 Å². The molecular weight excluding hydrogens is 348 g/mol. The zero-order chi connectivity index (χ0) is 18.6. The molecule has 0 heterocycles. The molecule has 0 bridgehead atoms. The average Bonchev–Trinajstić information content (AvgIpc) is 2.54. The second-order valence-electron chi connectivity index (χ2n) is 5.33. The fourth-order valence-electron chi connectivity index (χ4n) is 2.03. The van der Waals surface area contributed by atoms with Gasteiger partial charge < -0.3 is 10.1 Å². The maximum atomic E-state index is 12.1. The van der Waals surface area contributed by atoms with Crippen LogP contribution in [0.5, 0.6) is 0 Å². The van der Waals surface area contributed by atoms with E-state index in [9.17, 15) is 19.7 Å². The molecular formula is C17H15ClN2O5. The van der Waals surface area contributed by atoms with Crippen LogP contribution in [0.3, 0.4) is 0 Å². The summed E-state index contributed by atoms with van der Waals surface area (Å²) in [7, 11) is 0. The first kappa shape index (κ1) is 18.4. The number of carbonyl (C=O) groups is 2. The third-order valence-corrected chi connectivity index (χ3v) is 3.64. The van der Waals surface area contributed by atoms with E-state index in [0.29, 0.717) is 5.69 Å². The summed E-state index contributed by atoms with van der Waals surface area (Å²) in [6.07, 6.45) is -1.08. The number of ether oxygens (including phenoxy) is 1. The molecule has 0 spiro atoms. The second-order valence-corrected chi connectivity index (χ2v) is 5.74. The number of benzene rings is 2. The molecule has 2 aromatic rings. The van der Waals surface area contributed by atoms with Crippen molar-refractivity contribution in [3.63, 3.8) is 0 Å². The van der Waals surface area contributed by atoms with Gasteiger partial charge in [-0.05, 0) is 43.7 Å². The zero-order valence-corrected chi connectivity index (χ0v) is 14.2. The molecule has 1 amide bonds. The SMILES string of the molecule is Cc1cccc(NC(=O)C(C)OC(=O)c2ccc(Cl)c([N+](=O)[O-])c2)c1. The molecule has 2 aromatic carbocycles. The van der Waals surface area contributed by atoms with Crippen molar-refractivity contribution >= 4 is 34.9 Å². The van der Waals surface area contributed by atoms with Crippen LogP contribution in [0.25, 0.3) is 0 Å². The highest BCUT2D eigenvalue weighted by atomic mass is 35.5. The summed E-state index contributed by atoms with van der Waals surface area (Å²) in [5.41, 5.74) is 1.07. The number of amides is 1. The van der Waals surface area contributed by atoms with Crippen molar-refractivity contribution in [1.29, 1.82) is 0 Å². The lowest BCUT2D eigenvalue weighted by Crippen LogP contribution is -2.30. The molecule has 2 rings (SSSR count). The predicted octanol–water partition coefficient (Wildman–Crippen LogP) is 3.74. The van der Waals surface area contributed by atoms with E-state index in [1.807, 2.05) is 13.0 Å². The maximum Gasteiger partial charge on any atom is 0.339 e. The molecule has 7 nitrogen and oxygen atoms in total. The smallest absolute Gasteiger partial charge is 0.339 e. The Bertz CT molecular complexity index is 838. The molecule has 1 atom stereocenters. The van der Waals surface area contributed by atoms with Crippen LogP contribution in [-0.4, -0.2) is 22.9 Å². The lowest BCUT2D eigenvalue weighted by atomic mass is 10.2. The second kappa shape index (κ2) is 7.76. The monoisotopic (exact) mass is 362 g/mol. The lowest BCUT2D eigenvalue weighted by Gasteiger charge is -2.14. The first-order valence-electron chi connectivity index (χ1n) is 7.30. The van der Waals surface area contributed by atoms with E-state index in [4.69, 9.17) is 16.3 Å². The topological polar surface area (TPSA) is 98.5 Å². The molecule has 0 radical (unpaired) electrons. The van der Waals surface area contributed by atoms with Crippen molar-refractivity contribution < 1.29 is 19.2 Å². The molecule has 0 saturated heterocycles. The van der Waals surface area contributed by atoms with Crippen LogP contribution in [0.2, 0.25) is 5.02 Å². The summed E-state index contributed by atoms with van der Waals surface area (Å²) in [4.78, 5) is 34.3. The number of hydrogen-bond acceptors (Lipinski definition) is 5. The summed E-state index contributed by atoms with van der Waals surface area (Å²) in [6, 6.07) is 10.7. The Morgan fingerprint density at radius 3 is 2.60 bits per heavy atom. The minimum absolute atomic E-state index is 0.0636. The molecule has 0 saturated carbocycles. The van der Waals surface area contributed by atoms with Crippen LogP contribution in [-0.2, 0) is 9.53 Å². The quantitative estimate of drug-likeness (QED) is 0.496. The summed E-state index contributed by atoms with van der Waals surface area (Å²) in [5.74, 6) is -1.37. The minimum atomic E-state index is -1.08. The molecule has 0 fully saturated rings. The van der Waals surface area contributed by atoms with E-state index in [1.54, 1.807) is 18.2 Å². The van der Waals surface area contributed by atoms with E-state index < -0.39 is 28.6 Å². The number of carbonyl (C=O) groups excluding carboxylic acids is 2. The molecule has 1 unspecified atom stereocenters. The Morgan fingerprint density at radius 1 is 1.24 bits per heavy atom. The van der Waals surface area contributed by atoms with Gasteiger partial charge in [0.1, 0.15) is 5.02 Å². The summed E-state index contributed by atoms with van der Waals surface area (Å²) >= 11 is 5.70. The Hall–Kier alpha value is -2.93. The first-order chi connectivity index (χ1) is 11.8. The molecule has 25 heavy (non-hydrogen) atoms. The van der Waals surface area contributed by atoms with Gasteiger partial charge in [0.15, 0.2) is 6.10 Å². The van der Waals surface area contributed by atoms with Crippen molar-refractivity contribution in [2.24, 2.45) is 0 Å². The number of anilines is 1. The van der Waals surface area contributed by atoms with Crippen molar-refractivity contribution in [1.82, 2.24) is 0 Å². The van der Waals surface area contributed by atoms with Crippen molar-refractivity contribution in [3.8, 4) is 0 Å². The number of nitrogens with zero attached hydrogens (tertiary/aromatic N) is 1. The third kappa shape index (κ3) is 4.77. The molecule has 8 heteroatoms. The van der Waals surface area contributed by atoms with Crippen LogP contribution in [0, 0.1) is 17.0 Å². The zero-order valence-electron chi connectivity index (χ0n) is 13.5. The Balaban J connectivity index is 2.05. The minimum Gasteiger partial charge on any atom is -0.449 e. The van der Waals surface area contributed by atoms with Gasteiger partial charge in [0.25, 0.3) is 11.6 Å². The van der Waals surface area contributed by atoms with Gasteiger partial charge in [-0.25, -0.2) is 4.79 Å². The van der Waals surface area contributed by atoms with Gasteiger partial charge in [0, 0.05) is 11.8 Å². The van der Waals surface area contributed by atoms with E-state index >= 15 is 0 Å². The van der Waals surface area contributed by atoms with Gasteiger partial charge in [-0.2, -0.15) is 0 Å². The number of hydrogen-bond donors (Lipinski definition) is 1. The van der Waals surface area contributed by atoms with E-state index in [2.05, 4.69) is 5.32 Å². The number of rotatable bonds is 5. The van der Waals surface area contributed by atoms with Crippen LogP contribution in [0.4, 0.5) is 11.4 Å². The Labute approximate surface area is 148 Å². The van der Waals surface area contributed by atoms with Gasteiger partial charge >= 0.3 is 5.97 Å². The summed E-state index contributed by atoms with van der Waals surface area (Å²) in [5, 5.41) is 13.4. The molecule has 130 valence electrons. The normalized spacial score (nSPS) is 11.5. The van der Waals surface area contributed by atoms with Crippen molar-refractivity contribution in [3.05, 3.63) is 68.7 Å². The fourth-order valence-corrected chi connectivity index (χ4v) is 2.21. The molecule has 0 aromatic heterocycles. The first-order valence-corrected chi connectivity index (χ1v) is 7.68. The van der Waals surface area contributed by atoms with Crippen LogP contribution < -0.4 is 5.32 Å². The maximum absolute atomic E-state index is 12.1. The molecule has 0 aliphatic rings. The molecule has 1 N–H and O–H groups in total. The average molecular weight is 363 g/mol. The van der Waals surface area contributed by atoms with Gasteiger partial charge in [0.05, 0.1) is 10.5 Å². The van der Waals surface area contributed by atoms with E-state index in [1.165, 1.54) is 19.1 Å². The highest BCUT2D eigenvalue weighted by Gasteiger charge is 2.22. The van der Waals surface area contributed by atoms with E-state index in [-0.39, 0.29) is 10.6 Å². The van der Waals surface area contributed by atoms with Crippen LogP contribution in [0.1, 0.15) is 22.8 Å². The number of halogens is 1. The Morgan fingerprint density at radius 2 is 1.96 bits per heavy atom. The third-order valence-electron chi connectivity index (χ3n) is 3.32. The Kier molecular flexibility index (Phi) is 5.71. The number of nitro groups is 1. The molecule has 0 aliphatic carbocycles. The van der Waals surface area contributed by atoms with E-state index in [0.717, 1.165) is 11.6 Å².